The summed E-state index contributed by atoms with van der Waals surface area (Å²) in [5.74, 6) is 1.95. The van der Waals surface area contributed by atoms with Gasteiger partial charge in [0, 0.05) is 29.0 Å². The summed E-state index contributed by atoms with van der Waals surface area (Å²) in [4.78, 5) is 9.79. The van der Waals surface area contributed by atoms with Crippen molar-refractivity contribution in [3.63, 3.8) is 0 Å². The van der Waals surface area contributed by atoms with Crippen LogP contribution in [0.1, 0.15) is 19.0 Å². The van der Waals surface area contributed by atoms with Gasteiger partial charge in [-0.3, -0.25) is 0 Å². The molecule has 0 amide bonds. The van der Waals surface area contributed by atoms with Crippen LogP contribution < -0.4 is 5.32 Å². The zero-order valence-electron chi connectivity index (χ0n) is 11.2. The molecule has 0 fully saturated rings. The van der Waals surface area contributed by atoms with Gasteiger partial charge in [0.05, 0.1) is 0 Å². The molecule has 2 aromatic rings. The second kappa shape index (κ2) is 7.79. The minimum atomic E-state index is 0.905. The molecule has 0 saturated heterocycles. The molecule has 0 unspecified atom stereocenters. The number of aromatic nitrogens is 2. The van der Waals surface area contributed by atoms with Crippen molar-refractivity contribution in [3.8, 4) is 0 Å². The average Bonchev–Trinajstić information content (AvgIpc) is 2.46. The molecular formula is C15H19N3S. The number of rotatable bonds is 7. The number of hydrogen-bond donors (Lipinski definition) is 1. The van der Waals surface area contributed by atoms with Gasteiger partial charge in [-0.1, -0.05) is 31.5 Å². The summed E-state index contributed by atoms with van der Waals surface area (Å²) in [5.41, 5.74) is 1.11. The second-order valence-electron chi connectivity index (χ2n) is 4.23. The molecule has 0 aliphatic carbocycles. The van der Waals surface area contributed by atoms with Crippen molar-refractivity contribution in [2.75, 3.05) is 17.6 Å². The number of aryl methyl sites for hydroxylation is 1. The number of benzene rings is 1. The standard InChI is InChI=1S/C15H19N3S/c1-2-6-13-11-15(18-12-17-13)16-9-10-19-14-7-4-3-5-8-14/h3-5,7-8,11-12H,2,6,9-10H2,1H3,(H,16,17,18). The van der Waals surface area contributed by atoms with Crippen LogP contribution in [0.5, 0.6) is 0 Å². The maximum absolute atomic E-state index is 4.25. The van der Waals surface area contributed by atoms with E-state index in [0.717, 1.165) is 36.7 Å². The largest absolute Gasteiger partial charge is 0.369 e. The first-order valence-corrected chi connectivity index (χ1v) is 7.59. The molecule has 19 heavy (non-hydrogen) atoms. The molecule has 0 radical (unpaired) electrons. The third-order valence-corrected chi connectivity index (χ3v) is 3.66. The van der Waals surface area contributed by atoms with Crippen molar-refractivity contribution in [3.05, 3.63) is 48.4 Å². The van der Waals surface area contributed by atoms with E-state index >= 15 is 0 Å². The third-order valence-electron chi connectivity index (χ3n) is 2.65. The maximum Gasteiger partial charge on any atom is 0.129 e. The fourth-order valence-corrected chi connectivity index (χ4v) is 2.54. The van der Waals surface area contributed by atoms with Crippen molar-refractivity contribution < 1.29 is 0 Å². The molecule has 0 spiro atoms. The number of nitrogens with one attached hydrogen (secondary N) is 1. The smallest absolute Gasteiger partial charge is 0.129 e. The lowest BCUT2D eigenvalue weighted by molar-refractivity contribution is 0.872. The van der Waals surface area contributed by atoms with E-state index in [0.29, 0.717) is 0 Å². The molecule has 0 aliphatic heterocycles. The Morgan fingerprint density at radius 1 is 1.16 bits per heavy atom. The molecule has 0 aliphatic rings. The van der Waals surface area contributed by atoms with E-state index in [1.165, 1.54) is 4.90 Å². The van der Waals surface area contributed by atoms with Crippen molar-refractivity contribution in [2.24, 2.45) is 0 Å². The molecule has 0 bridgehead atoms. The van der Waals surface area contributed by atoms with Crippen LogP contribution >= 0.6 is 11.8 Å². The summed E-state index contributed by atoms with van der Waals surface area (Å²) < 4.78 is 0. The van der Waals surface area contributed by atoms with E-state index in [1.807, 2.05) is 23.9 Å². The third kappa shape index (κ3) is 4.91. The predicted octanol–water partition coefficient (Wildman–Crippen LogP) is 3.63. The van der Waals surface area contributed by atoms with E-state index < -0.39 is 0 Å². The van der Waals surface area contributed by atoms with Gasteiger partial charge < -0.3 is 5.32 Å². The quantitative estimate of drug-likeness (QED) is 0.617. The fourth-order valence-electron chi connectivity index (χ4n) is 1.75. The van der Waals surface area contributed by atoms with Crippen molar-refractivity contribution in [1.29, 1.82) is 0 Å². The van der Waals surface area contributed by atoms with E-state index in [2.05, 4.69) is 46.5 Å². The summed E-state index contributed by atoms with van der Waals surface area (Å²) in [6.07, 6.45) is 3.76. The Kier molecular flexibility index (Phi) is 5.69. The van der Waals surface area contributed by atoms with E-state index in [1.54, 1.807) is 6.33 Å². The van der Waals surface area contributed by atoms with Crippen LogP contribution in [0.25, 0.3) is 0 Å². The van der Waals surface area contributed by atoms with Crippen LogP contribution in [0.4, 0.5) is 5.82 Å². The second-order valence-corrected chi connectivity index (χ2v) is 5.40. The highest BCUT2D eigenvalue weighted by Gasteiger charge is 1.98. The highest BCUT2D eigenvalue weighted by atomic mass is 32.2. The molecule has 1 aromatic carbocycles. The number of hydrogen-bond acceptors (Lipinski definition) is 4. The fraction of sp³-hybridized carbons (Fsp3) is 0.333. The summed E-state index contributed by atoms with van der Waals surface area (Å²) in [7, 11) is 0. The summed E-state index contributed by atoms with van der Waals surface area (Å²) in [6, 6.07) is 12.5. The number of nitrogens with zero attached hydrogens (tertiary/aromatic N) is 2. The highest BCUT2D eigenvalue weighted by Crippen LogP contribution is 2.16. The van der Waals surface area contributed by atoms with Gasteiger partial charge in [-0.2, -0.15) is 0 Å². The van der Waals surface area contributed by atoms with Gasteiger partial charge in [0.1, 0.15) is 12.1 Å². The van der Waals surface area contributed by atoms with Crippen LogP contribution in [0.3, 0.4) is 0 Å². The SMILES string of the molecule is CCCc1cc(NCCSc2ccccc2)ncn1. The Labute approximate surface area is 118 Å². The summed E-state index contributed by atoms with van der Waals surface area (Å²) >= 11 is 1.85. The van der Waals surface area contributed by atoms with E-state index in [9.17, 15) is 0 Å². The number of anilines is 1. The van der Waals surface area contributed by atoms with Crippen molar-refractivity contribution in [1.82, 2.24) is 9.97 Å². The monoisotopic (exact) mass is 273 g/mol. The Morgan fingerprint density at radius 3 is 2.79 bits per heavy atom. The summed E-state index contributed by atoms with van der Waals surface area (Å²) in [6.45, 7) is 3.06. The van der Waals surface area contributed by atoms with Gasteiger partial charge in [0.15, 0.2) is 0 Å². The summed E-state index contributed by atoms with van der Waals surface area (Å²) in [5, 5.41) is 3.34. The average molecular weight is 273 g/mol. The molecule has 1 heterocycles. The molecule has 3 nitrogen and oxygen atoms in total. The zero-order chi connectivity index (χ0) is 13.3. The lowest BCUT2D eigenvalue weighted by Crippen LogP contribution is -2.06. The first kappa shape index (κ1) is 13.9. The Bertz CT molecular complexity index is 488. The Hall–Kier alpha value is -1.55. The normalized spacial score (nSPS) is 10.4. The molecular weight excluding hydrogens is 254 g/mol. The maximum atomic E-state index is 4.25. The molecule has 2 rings (SSSR count). The van der Waals surface area contributed by atoms with Gasteiger partial charge in [-0.15, -0.1) is 11.8 Å². The van der Waals surface area contributed by atoms with Gasteiger partial charge in [0.25, 0.3) is 0 Å². The minimum Gasteiger partial charge on any atom is -0.369 e. The molecule has 1 N–H and O–H groups in total. The van der Waals surface area contributed by atoms with Crippen LogP contribution in [0.15, 0.2) is 47.6 Å². The molecule has 0 saturated carbocycles. The first-order chi connectivity index (χ1) is 9.38. The molecule has 100 valence electrons. The van der Waals surface area contributed by atoms with Crippen LogP contribution in [-0.2, 0) is 6.42 Å². The van der Waals surface area contributed by atoms with E-state index in [-0.39, 0.29) is 0 Å². The lowest BCUT2D eigenvalue weighted by atomic mass is 10.2. The molecule has 4 heteroatoms. The van der Waals surface area contributed by atoms with Gasteiger partial charge in [-0.25, -0.2) is 9.97 Å². The lowest BCUT2D eigenvalue weighted by Gasteiger charge is -2.06. The van der Waals surface area contributed by atoms with E-state index in [4.69, 9.17) is 0 Å². The molecule has 0 atom stereocenters. The van der Waals surface area contributed by atoms with Crippen molar-refractivity contribution in [2.45, 2.75) is 24.7 Å². The Balaban J connectivity index is 1.75. The first-order valence-electron chi connectivity index (χ1n) is 6.61. The van der Waals surface area contributed by atoms with Crippen LogP contribution in [0.2, 0.25) is 0 Å². The van der Waals surface area contributed by atoms with Gasteiger partial charge >= 0.3 is 0 Å². The van der Waals surface area contributed by atoms with Crippen LogP contribution in [0, 0.1) is 0 Å². The highest BCUT2D eigenvalue weighted by molar-refractivity contribution is 7.99. The zero-order valence-corrected chi connectivity index (χ0v) is 12.0. The molecule has 1 aromatic heterocycles. The van der Waals surface area contributed by atoms with Crippen molar-refractivity contribution >= 4 is 17.6 Å². The topological polar surface area (TPSA) is 37.8 Å². The Morgan fingerprint density at radius 2 is 2.00 bits per heavy atom. The van der Waals surface area contributed by atoms with Gasteiger partial charge in [-0.05, 0) is 18.6 Å². The predicted molar refractivity (Wildman–Crippen MR) is 81.7 cm³/mol. The minimum absolute atomic E-state index is 0.905. The van der Waals surface area contributed by atoms with Crippen LogP contribution in [-0.4, -0.2) is 22.3 Å². The number of thioether (sulfide) groups is 1. The van der Waals surface area contributed by atoms with Gasteiger partial charge in [0.2, 0.25) is 0 Å².